The van der Waals surface area contributed by atoms with Gasteiger partial charge in [-0.15, -0.1) is 0 Å². The predicted octanol–water partition coefficient (Wildman–Crippen LogP) is 6.90. The van der Waals surface area contributed by atoms with Crippen LogP contribution < -0.4 is 18.9 Å². The SMILES string of the molecule is COc1cc(C[C@]2(O)C(=O)OC[C@H]2[C@@H](O[Si](C)(C)C)c2ccc(OCc3ccccc3)c(OC)c2)ccc1OCc1ccccc1. The molecule has 0 radical (unpaired) electrons. The Kier molecular flexibility index (Phi) is 10.4. The fraction of sp³-hybridized carbons (Fsp3) is 0.324. The predicted molar refractivity (Wildman–Crippen MR) is 178 cm³/mol. The van der Waals surface area contributed by atoms with Crippen molar-refractivity contribution in [3.63, 3.8) is 0 Å². The Bertz CT molecular complexity index is 1610. The number of rotatable bonds is 14. The van der Waals surface area contributed by atoms with Gasteiger partial charge in [-0.25, -0.2) is 4.79 Å². The highest BCUT2D eigenvalue weighted by atomic mass is 28.4. The summed E-state index contributed by atoms with van der Waals surface area (Å²) in [5.41, 5.74) is 1.67. The van der Waals surface area contributed by atoms with E-state index < -0.39 is 31.9 Å². The van der Waals surface area contributed by atoms with Crippen LogP contribution in [0.15, 0.2) is 97.1 Å². The standard InChI is InChI=1S/C37H42O8Si/c1-40-33-20-28(16-18-31(33)42-23-26-12-8-6-9-13-26)22-37(39)30(25-44-36(37)38)35(45-46(3,4)5)29-17-19-32(34(21-29)41-2)43-24-27-14-10-7-11-15-27/h6-21,30,35,39H,22-25H2,1-5H3/t30-,35-,37+/m0/s1. The van der Waals surface area contributed by atoms with Crippen LogP contribution in [-0.2, 0) is 33.6 Å². The number of methoxy groups -OCH3 is 2. The number of cyclic esters (lactones) is 1. The van der Waals surface area contributed by atoms with Crippen molar-refractivity contribution in [3.8, 4) is 23.0 Å². The molecule has 46 heavy (non-hydrogen) atoms. The molecule has 1 aliphatic heterocycles. The van der Waals surface area contributed by atoms with E-state index in [9.17, 15) is 9.90 Å². The van der Waals surface area contributed by atoms with Crippen LogP contribution in [0.4, 0.5) is 0 Å². The molecule has 4 aromatic carbocycles. The van der Waals surface area contributed by atoms with Gasteiger partial charge in [0, 0.05) is 6.42 Å². The Morgan fingerprint density at radius 3 is 1.85 bits per heavy atom. The number of hydrogen-bond acceptors (Lipinski definition) is 8. The first-order valence-electron chi connectivity index (χ1n) is 15.4. The lowest BCUT2D eigenvalue weighted by Gasteiger charge is -2.36. The molecule has 9 heteroatoms. The van der Waals surface area contributed by atoms with Gasteiger partial charge in [-0.2, -0.15) is 0 Å². The van der Waals surface area contributed by atoms with Crippen LogP contribution in [0.25, 0.3) is 0 Å². The summed E-state index contributed by atoms with van der Waals surface area (Å²) in [4.78, 5) is 13.3. The minimum Gasteiger partial charge on any atom is -0.493 e. The third-order valence-corrected chi connectivity index (χ3v) is 8.86. The molecule has 0 spiro atoms. The zero-order valence-electron chi connectivity index (χ0n) is 27.0. The zero-order chi connectivity index (χ0) is 32.7. The monoisotopic (exact) mass is 642 g/mol. The summed E-state index contributed by atoms with van der Waals surface area (Å²) in [5, 5.41) is 12.1. The van der Waals surface area contributed by atoms with Crippen LogP contribution >= 0.6 is 0 Å². The van der Waals surface area contributed by atoms with Gasteiger partial charge in [-0.05, 0) is 66.2 Å². The van der Waals surface area contributed by atoms with E-state index >= 15 is 0 Å². The van der Waals surface area contributed by atoms with Crippen molar-refractivity contribution in [2.45, 2.75) is 51.0 Å². The molecule has 0 saturated carbocycles. The van der Waals surface area contributed by atoms with Gasteiger partial charge in [0.1, 0.15) is 19.8 Å². The maximum atomic E-state index is 13.3. The fourth-order valence-electron chi connectivity index (χ4n) is 5.59. The number of ether oxygens (including phenoxy) is 5. The average molecular weight is 643 g/mol. The van der Waals surface area contributed by atoms with Gasteiger partial charge in [0.15, 0.2) is 36.9 Å². The van der Waals surface area contributed by atoms with Crippen LogP contribution in [0, 0.1) is 5.92 Å². The number of carbonyl (C=O) groups is 1. The van der Waals surface area contributed by atoms with E-state index in [2.05, 4.69) is 19.6 Å². The summed E-state index contributed by atoms with van der Waals surface area (Å²) in [6.45, 7) is 6.99. The summed E-state index contributed by atoms with van der Waals surface area (Å²) < 4.78 is 35.7. The second-order valence-electron chi connectivity index (χ2n) is 12.4. The van der Waals surface area contributed by atoms with Gasteiger partial charge in [-0.3, -0.25) is 0 Å². The fourth-order valence-corrected chi connectivity index (χ4v) is 6.65. The van der Waals surface area contributed by atoms with Gasteiger partial charge in [0.25, 0.3) is 0 Å². The van der Waals surface area contributed by atoms with E-state index in [0.717, 1.165) is 16.7 Å². The highest BCUT2D eigenvalue weighted by Crippen LogP contribution is 2.45. The molecular weight excluding hydrogens is 600 g/mol. The first kappa shape index (κ1) is 33.1. The molecule has 1 fully saturated rings. The van der Waals surface area contributed by atoms with E-state index in [1.54, 1.807) is 26.4 Å². The molecule has 0 bridgehead atoms. The van der Waals surface area contributed by atoms with Gasteiger partial charge < -0.3 is 33.2 Å². The van der Waals surface area contributed by atoms with E-state index in [4.69, 9.17) is 28.1 Å². The molecule has 8 nitrogen and oxygen atoms in total. The number of aliphatic hydroxyl groups is 1. The number of hydrogen-bond donors (Lipinski definition) is 1. The number of carbonyl (C=O) groups excluding carboxylic acids is 1. The van der Waals surface area contributed by atoms with Gasteiger partial charge in [0.2, 0.25) is 0 Å². The maximum absolute atomic E-state index is 13.3. The zero-order valence-corrected chi connectivity index (χ0v) is 28.0. The largest absolute Gasteiger partial charge is 0.493 e. The highest BCUT2D eigenvalue weighted by Gasteiger charge is 2.55. The number of esters is 1. The lowest BCUT2D eigenvalue weighted by Crippen LogP contribution is -2.47. The van der Waals surface area contributed by atoms with Gasteiger partial charge in [-0.1, -0.05) is 72.8 Å². The lowest BCUT2D eigenvalue weighted by molar-refractivity contribution is -0.155. The maximum Gasteiger partial charge on any atom is 0.339 e. The minimum atomic E-state index is -2.19. The Hall–Kier alpha value is -4.31. The van der Waals surface area contributed by atoms with Gasteiger partial charge >= 0.3 is 5.97 Å². The Balaban J connectivity index is 1.40. The third-order valence-electron chi connectivity index (χ3n) is 7.90. The molecule has 1 aliphatic rings. The first-order chi connectivity index (χ1) is 22.1. The summed E-state index contributed by atoms with van der Waals surface area (Å²) in [7, 11) is 0.955. The first-order valence-corrected chi connectivity index (χ1v) is 18.8. The normalized spacial score (nSPS) is 18.5. The molecular formula is C37H42O8Si. The van der Waals surface area contributed by atoms with Crippen LogP contribution in [-0.4, -0.2) is 45.8 Å². The molecule has 4 aromatic rings. The van der Waals surface area contributed by atoms with E-state index in [1.165, 1.54) is 0 Å². The van der Waals surface area contributed by atoms with Crippen molar-refractivity contribution in [3.05, 3.63) is 119 Å². The van der Waals surface area contributed by atoms with Crippen molar-refractivity contribution in [1.29, 1.82) is 0 Å². The van der Waals surface area contributed by atoms with Crippen molar-refractivity contribution >= 4 is 14.3 Å². The Labute approximate surface area is 271 Å². The molecule has 0 unspecified atom stereocenters. The van der Waals surface area contributed by atoms with E-state index in [0.29, 0.717) is 41.8 Å². The molecule has 3 atom stereocenters. The topological polar surface area (TPSA) is 92.7 Å². The van der Waals surface area contributed by atoms with Gasteiger partial charge in [0.05, 0.1) is 26.2 Å². The quantitative estimate of drug-likeness (QED) is 0.117. The van der Waals surface area contributed by atoms with E-state index in [1.807, 2.05) is 84.9 Å². The third kappa shape index (κ3) is 7.90. The molecule has 1 saturated heterocycles. The van der Waals surface area contributed by atoms with Crippen molar-refractivity contribution in [2.75, 3.05) is 20.8 Å². The van der Waals surface area contributed by atoms with Crippen molar-refractivity contribution in [2.24, 2.45) is 5.92 Å². The molecule has 0 amide bonds. The van der Waals surface area contributed by atoms with Crippen molar-refractivity contribution in [1.82, 2.24) is 0 Å². The molecule has 0 aromatic heterocycles. The van der Waals surface area contributed by atoms with E-state index in [-0.39, 0.29) is 13.0 Å². The van der Waals surface area contributed by atoms with Crippen LogP contribution in [0.3, 0.4) is 0 Å². The summed E-state index contributed by atoms with van der Waals surface area (Å²) >= 11 is 0. The average Bonchev–Trinajstić information content (AvgIpc) is 3.34. The highest BCUT2D eigenvalue weighted by molar-refractivity contribution is 6.69. The van der Waals surface area contributed by atoms with Crippen LogP contribution in [0.5, 0.6) is 23.0 Å². The molecule has 242 valence electrons. The summed E-state index contributed by atoms with van der Waals surface area (Å²) in [5.74, 6) is 0.812. The Morgan fingerprint density at radius 1 is 0.761 bits per heavy atom. The van der Waals surface area contributed by atoms with Crippen molar-refractivity contribution < 1.29 is 38.0 Å². The lowest BCUT2D eigenvalue weighted by atomic mass is 9.79. The summed E-state index contributed by atoms with van der Waals surface area (Å²) in [6.07, 6.45) is -0.636. The molecule has 1 N–H and O–H groups in total. The molecule has 1 heterocycles. The smallest absolute Gasteiger partial charge is 0.339 e. The second kappa shape index (κ2) is 14.4. The summed E-state index contributed by atoms with van der Waals surface area (Å²) in [6, 6.07) is 30.8. The Morgan fingerprint density at radius 2 is 1.30 bits per heavy atom. The molecule has 0 aliphatic carbocycles. The minimum absolute atomic E-state index is 0.00674. The second-order valence-corrected chi connectivity index (χ2v) is 16.9. The number of benzene rings is 4. The van der Waals surface area contributed by atoms with Crippen LogP contribution in [0.2, 0.25) is 19.6 Å². The molecule has 5 rings (SSSR count). The van der Waals surface area contributed by atoms with Crippen LogP contribution in [0.1, 0.15) is 28.4 Å².